The molecule has 47 heavy (non-hydrogen) atoms. The Balaban J connectivity index is 0.000000249. The van der Waals surface area contributed by atoms with E-state index in [9.17, 15) is 4.79 Å². The highest BCUT2D eigenvalue weighted by Crippen LogP contribution is 2.27. The fourth-order valence-corrected chi connectivity index (χ4v) is 5.41. The zero-order valence-corrected chi connectivity index (χ0v) is 27.1. The molecule has 5 heterocycles. The fraction of sp³-hybridized carbons (Fsp3) is 0.343. The van der Waals surface area contributed by atoms with E-state index in [-0.39, 0.29) is 36.6 Å². The Morgan fingerprint density at radius 2 is 1.43 bits per heavy atom. The highest BCUT2D eigenvalue weighted by Gasteiger charge is 2.32. The molecule has 2 aliphatic rings. The van der Waals surface area contributed by atoms with Crippen LogP contribution in [0.2, 0.25) is 0 Å². The first-order chi connectivity index (χ1) is 22.4. The van der Waals surface area contributed by atoms with Gasteiger partial charge in [0.1, 0.15) is 12.2 Å². The third-order valence-electron chi connectivity index (χ3n) is 7.98. The molecule has 0 bridgehead atoms. The van der Waals surface area contributed by atoms with Crippen LogP contribution in [0.4, 0.5) is 0 Å². The highest BCUT2D eigenvalue weighted by atomic mass is 35.5. The van der Waals surface area contributed by atoms with Gasteiger partial charge in [0.15, 0.2) is 5.82 Å². The van der Waals surface area contributed by atoms with Gasteiger partial charge in [0, 0.05) is 61.1 Å². The number of rotatable bonds is 6. The molecule has 0 saturated carbocycles. The number of carbonyl (C=O) groups is 1. The van der Waals surface area contributed by atoms with Crippen molar-refractivity contribution in [1.82, 2.24) is 30.2 Å². The number of nitriles is 2. The zero-order chi connectivity index (χ0) is 32.3. The summed E-state index contributed by atoms with van der Waals surface area (Å²) >= 11 is 0. The van der Waals surface area contributed by atoms with Gasteiger partial charge >= 0.3 is 0 Å². The number of hydrogen-bond donors (Lipinski definition) is 1. The van der Waals surface area contributed by atoms with Crippen LogP contribution in [-0.2, 0) is 0 Å². The summed E-state index contributed by atoms with van der Waals surface area (Å²) in [5.74, 6) is 1.40. The smallest absolute Gasteiger partial charge is 0.254 e. The van der Waals surface area contributed by atoms with E-state index in [1.165, 1.54) is 0 Å². The number of pyridine rings is 2. The topological polar surface area (TPSA) is 150 Å². The first kappa shape index (κ1) is 34.8. The van der Waals surface area contributed by atoms with E-state index in [2.05, 4.69) is 44.3 Å². The van der Waals surface area contributed by atoms with E-state index in [0.717, 1.165) is 32.2 Å². The van der Waals surface area contributed by atoms with Crippen molar-refractivity contribution in [3.8, 4) is 35.3 Å². The maximum Gasteiger partial charge on any atom is 0.254 e. The summed E-state index contributed by atoms with van der Waals surface area (Å²) in [5.41, 5.74) is 2.36. The maximum atomic E-state index is 13.5. The minimum atomic E-state index is -0.188. The van der Waals surface area contributed by atoms with E-state index in [0.29, 0.717) is 52.4 Å². The largest absolute Gasteiger partial charge is 0.473 e. The average Bonchev–Trinajstić information content (AvgIpc) is 3.10. The Kier molecular flexibility index (Phi) is 12.6. The van der Waals surface area contributed by atoms with E-state index in [1.807, 2.05) is 36.1 Å². The van der Waals surface area contributed by atoms with Crippen molar-refractivity contribution in [3.63, 3.8) is 0 Å². The Bertz CT molecular complexity index is 1700. The normalized spacial score (nSPS) is 20.2. The van der Waals surface area contributed by atoms with Crippen LogP contribution < -0.4 is 14.8 Å². The molecule has 1 amide bonds. The van der Waals surface area contributed by atoms with Crippen LogP contribution in [0.15, 0.2) is 79.4 Å². The van der Waals surface area contributed by atoms with Gasteiger partial charge in [-0.1, -0.05) is 18.2 Å². The predicted octanol–water partition coefficient (Wildman–Crippen LogP) is 5.38. The molecule has 12 heteroatoms. The molecule has 0 unspecified atom stereocenters. The Morgan fingerprint density at radius 1 is 0.809 bits per heavy atom. The summed E-state index contributed by atoms with van der Waals surface area (Å²) in [5, 5.41) is 21.2. The number of nitrogens with zero attached hydrogens (tertiary/aromatic N) is 7. The lowest BCUT2D eigenvalue weighted by Crippen LogP contribution is -2.49. The molecule has 2 fully saturated rings. The summed E-state index contributed by atoms with van der Waals surface area (Å²) in [4.78, 5) is 32.2. The number of carbonyl (C=O) groups excluding carboxylic acids is 1. The molecule has 1 aromatic carbocycles. The lowest BCUT2D eigenvalue weighted by Gasteiger charge is -2.38. The third kappa shape index (κ3) is 9.46. The molecule has 0 radical (unpaired) electrons. The van der Waals surface area contributed by atoms with Gasteiger partial charge in [0.05, 0.1) is 35.4 Å². The summed E-state index contributed by atoms with van der Waals surface area (Å²) < 4.78 is 11.7. The Labute approximate surface area is 281 Å². The quantitative estimate of drug-likeness (QED) is 0.288. The van der Waals surface area contributed by atoms with Crippen LogP contribution in [0.25, 0.3) is 11.4 Å². The van der Waals surface area contributed by atoms with Crippen molar-refractivity contribution in [2.24, 2.45) is 0 Å². The minimum Gasteiger partial charge on any atom is -0.473 e. The number of amides is 1. The summed E-state index contributed by atoms with van der Waals surface area (Å²) in [6.45, 7) is 5.51. The predicted molar refractivity (Wildman–Crippen MR) is 178 cm³/mol. The van der Waals surface area contributed by atoms with E-state index >= 15 is 0 Å². The number of piperidine rings is 2. The lowest BCUT2D eigenvalue weighted by molar-refractivity contribution is 0.0373. The lowest BCUT2D eigenvalue weighted by atomic mass is 9.98. The molecule has 242 valence electrons. The van der Waals surface area contributed by atoms with Crippen LogP contribution in [0.5, 0.6) is 11.8 Å². The number of hydrogen-bond acceptors (Lipinski definition) is 10. The SMILES string of the molecule is C[C@@H]1CC[C@@H](Oc2cc(C#N)ccn2)CN1.C[C@@H]1CC[C@@H](Oc2cc(C#N)ccn2)CN1C(=O)c1ccccc1-c1ncccn1.Cl. The van der Waals surface area contributed by atoms with Crippen molar-refractivity contribution in [2.75, 3.05) is 13.1 Å². The second kappa shape index (κ2) is 17.0. The van der Waals surface area contributed by atoms with Gasteiger partial charge in [0.2, 0.25) is 11.8 Å². The fourth-order valence-electron chi connectivity index (χ4n) is 5.41. The van der Waals surface area contributed by atoms with Crippen molar-refractivity contribution >= 4 is 18.3 Å². The second-order valence-corrected chi connectivity index (χ2v) is 11.4. The second-order valence-electron chi connectivity index (χ2n) is 11.4. The van der Waals surface area contributed by atoms with Gasteiger partial charge in [-0.3, -0.25) is 4.79 Å². The van der Waals surface area contributed by atoms with Gasteiger partial charge in [-0.2, -0.15) is 10.5 Å². The molecule has 4 aromatic rings. The maximum absolute atomic E-state index is 13.5. The van der Waals surface area contributed by atoms with Gasteiger partial charge in [-0.25, -0.2) is 19.9 Å². The first-order valence-corrected chi connectivity index (χ1v) is 15.4. The third-order valence-corrected chi connectivity index (χ3v) is 7.98. The van der Waals surface area contributed by atoms with Gasteiger partial charge in [-0.15, -0.1) is 12.4 Å². The molecule has 2 aliphatic heterocycles. The molecule has 4 atom stereocenters. The minimum absolute atomic E-state index is 0. The van der Waals surface area contributed by atoms with Crippen LogP contribution in [0.1, 0.15) is 61.0 Å². The monoisotopic (exact) mass is 652 g/mol. The molecule has 2 saturated heterocycles. The van der Waals surface area contributed by atoms with Gasteiger partial charge in [-0.05, 0) is 63.8 Å². The van der Waals surface area contributed by atoms with Crippen molar-refractivity contribution < 1.29 is 14.3 Å². The van der Waals surface area contributed by atoms with E-state index in [4.69, 9.17) is 20.0 Å². The van der Waals surface area contributed by atoms with Gasteiger partial charge < -0.3 is 19.7 Å². The van der Waals surface area contributed by atoms with Gasteiger partial charge in [0.25, 0.3) is 5.91 Å². The highest BCUT2D eigenvalue weighted by molar-refractivity contribution is 6.00. The zero-order valence-electron chi connectivity index (χ0n) is 26.3. The molecule has 0 aliphatic carbocycles. The van der Waals surface area contributed by atoms with E-state index in [1.54, 1.807) is 55.1 Å². The van der Waals surface area contributed by atoms with Crippen molar-refractivity contribution in [1.29, 1.82) is 10.5 Å². The van der Waals surface area contributed by atoms with Crippen LogP contribution in [0.3, 0.4) is 0 Å². The average molecular weight is 653 g/mol. The molecule has 6 rings (SSSR count). The number of nitrogens with one attached hydrogen (secondary N) is 1. The number of benzene rings is 1. The molecule has 3 aromatic heterocycles. The number of halogens is 1. The van der Waals surface area contributed by atoms with Crippen LogP contribution >= 0.6 is 12.4 Å². The van der Waals surface area contributed by atoms with Crippen LogP contribution in [-0.4, -0.2) is 68.1 Å². The Hall–Kier alpha value is -5.10. The molecule has 1 N–H and O–H groups in total. The Morgan fingerprint density at radius 3 is 2.04 bits per heavy atom. The summed E-state index contributed by atoms with van der Waals surface area (Å²) in [6.07, 6.45) is 10.2. The standard InChI is InChI=1S/C23H21N5O2.C12H15N3O.ClH/c1-16-7-8-18(30-21-13-17(14-24)9-12-25-21)15-28(16)23(29)20-6-3-2-5-19(20)22-26-10-4-11-27-22;1-9-2-3-11(8-15-9)16-12-6-10(7-13)4-5-14-12;/h2-6,9-13,16,18H,7-8,15H2,1H3;4-6,9,11,15H,2-3,8H2,1H3;1H/t16-,18-;9-,11-;/m11./s1. The molecule has 0 spiro atoms. The summed E-state index contributed by atoms with van der Waals surface area (Å²) in [7, 11) is 0. The summed E-state index contributed by atoms with van der Waals surface area (Å²) in [6, 6.07) is 20.6. The number of ether oxygens (including phenoxy) is 2. The first-order valence-electron chi connectivity index (χ1n) is 15.4. The number of aromatic nitrogens is 4. The van der Waals surface area contributed by atoms with Crippen LogP contribution in [0, 0.1) is 22.7 Å². The molecule has 11 nitrogen and oxygen atoms in total. The van der Waals surface area contributed by atoms with Crippen molar-refractivity contribution in [3.05, 3.63) is 96.1 Å². The number of likely N-dealkylation sites (tertiary alicyclic amines) is 1. The molecular formula is C35H37ClN8O3. The van der Waals surface area contributed by atoms with E-state index < -0.39 is 0 Å². The van der Waals surface area contributed by atoms with Crippen molar-refractivity contribution in [2.45, 2.75) is 63.8 Å². The molecular weight excluding hydrogens is 616 g/mol.